The third kappa shape index (κ3) is 3.84. The summed E-state index contributed by atoms with van der Waals surface area (Å²) in [5, 5.41) is 2.66. The lowest BCUT2D eigenvalue weighted by molar-refractivity contribution is -0.146. The van der Waals surface area contributed by atoms with Gasteiger partial charge in [-0.25, -0.2) is 0 Å². The van der Waals surface area contributed by atoms with Gasteiger partial charge in [-0.2, -0.15) is 0 Å². The van der Waals surface area contributed by atoms with Gasteiger partial charge in [-0.3, -0.25) is 14.4 Å². The molecule has 2 amide bonds. The summed E-state index contributed by atoms with van der Waals surface area (Å²) >= 11 is 0. The van der Waals surface area contributed by atoms with E-state index in [1.165, 1.54) is 14.0 Å². The van der Waals surface area contributed by atoms with Crippen molar-refractivity contribution in [2.45, 2.75) is 19.8 Å². The molecular formula is C16H20N2O4. The smallest absolute Gasteiger partial charge is 0.310 e. The molecular weight excluding hydrogens is 284 g/mol. The number of hydrogen-bond donors (Lipinski definition) is 1. The van der Waals surface area contributed by atoms with Crippen LogP contribution in [0.2, 0.25) is 0 Å². The molecule has 1 aromatic carbocycles. The molecule has 118 valence electrons. The normalized spacial score (nSPS) is 17.7. The van der Waals surface area contributed by atoms with Gasteiger partial charge in [0.25, 0.3) is 5.91 Å². The zero-order valence-corrected chi connectivity index (χ0v) is 12.8. The number of esters is 1. The highest BCUT2D eigenvalue weighted by molar-refractivity contribution is 5.97. The zero-order valence-electron chi connectivity index (χ0n) is 12.8. The van der Waals surface area contributed by atoms with Crippen molar-refractivity contribution in [3.8, 4) is 0 Å². The second-order valence-electron chi connectivity index (χ2n) is 5.38. The molecule has 0 saturated carbocycles. The largest absolute Gasteiger partial charge is 0.469 e. The minimum Gasteiger partial charge on any atom is -0.469 e. The molecule has 1 unspecified atom stereocenters. The number of rotatable bonds is 3. The molecule has 6 nitrogen and oxygen atoms in total. The molecule has 0 spiro atoms. The van der Waals surface area contributed by atoms with Crippen LogP contribution in [0.5, 0.6) is 0 Å². The van der Waals surface area contributed by atoms with Crippen LogP contribution in [0.4, 0.5) is 5.69 Å². The molecule has 22 heavy (non-hydrogen) atoms. The van der Waals surface area contributed by atoms with Gasteiger partial charge in [-0.05, 0) is 31.0 Å². The second kappa shape index (κ2) is 7.06. The highest BCUT2D eigenvalue weighted by atomic mass is 16.5. The summed E-state index contributed by atoms with van der Waals surface area (Å²) < 4.78 is 4.76. The van der Waals surface area contributed by atoms with E-state index in [1.807, 2.05) is 0 Å². The Labute approximate surface area is 129 Å². The Morgan fingerprint density at radius 2 is 2.09 bits per heavy atom. The number of piperidine rings is 1. The van der Waals surface area contributed by atoms with E-state index in [1.54, 1.807) is 29.2 Å². The van der Waals surface area contributed by atoms with E-state index in [2.05, 4.69) is 5.32 Å². The summed E-state index contributed by atoms with van der Waals surface area (Å²) in [6.07, 6.45) is 1.51. The number of amides is 2. The van der Waals surface area contributed by atoms with E-state index < -0.39 is 0 Å². The predicted molar refractivity (Wildman–Crippen MR) is 81.4 cm³/mol. The van der Waals surface area contributed by atoms with Gasteiger partial charge < -0.3 is 15.0 Å². The first kappa shape index (κ1) is 16.0. The average Bonchev–Trinajstić information content (AvgIpc) is 2.53. The average molecular weight is 304 g/mol. The van der Waals surface area contributed by atoms with Gasteiger partial charge in [0.1, 0.15) is 0 Å². The molecule has 0 aromatic heterocycles. The predicted octanol–water partition coefficient (Wildman–Crippen LogP) is 1.67. The van der Waals surface area contributed by atoms with Crippen LogP contribution >= 0.6 is 0 Å². The standard InChI is InChI=1S/C16H20N2O4/c1-11(19)17-14-7-3-5-12(9-14)15(20)18-8-4-6-13(10-18)16(21)22-2/h3,5,7,9,13H,4,6,8,10H2,1-2H3,(H,17,19). The van der Waals surface area contributed by atoms with Crippen LogP contribution in [-0.4, -0.2) is 42.9 Å². The molecule has 1 aliphatic heterocycles. The van der Waals surface area contributed by atoms with Gasteiger partial charge in [0.05, 0.1) is 13.0 Å². The van der Waals surface area contributed by atoms with E-state index in [0.29, 0.717) is 24.3 Å². The number of anilines is 1. The third-order valence-corrected chi connectivity index (χ3v) is 3.67. The Morgan fingerprint density at radius 1 is 1.32 bits per heavy atom. The first-order chi connectivity index (χ1) is 10.5. The summed E-state index contributed by atoms with van der Waals surface area (Å²) in [5.74, 6) is -0.861. The highest BCUT2D eigenvalue weighted by Gasteiger charge is 2.29. The minimum absolute atomic E-state index is 0.138. The van der Waals surface area contributed by atoms with Gasteiger partial charge >= 0.3 is 5.97 Å². The number of ether oxygens (including phenoxy) is 1. The van der Waals surface area contributed by atoms with Gasteiger partial charge in [-0.15, -0.1) is 0 Å². The fourth-order valence-electron chi connectivity index (χ4n) is 2.64. The van der Waals surface area contributed by atoms with Crippen molar-refractivity contribution in [2.24, 2.45) is 5.92 Å². The van der Waals surface area contributed by atoms with E-state index in [4.69, 9.17) is 4.74 Å². The Bertz CT molecular complexity index is 585. The number of carbonyl (C=O) groups is 3. The summed E-state index contributed by atoms with van der Waals surface area (Å²) in [7, 11) is 1.36. The first-order valence-corrected chi connectivity index (χ1v) is 7.26. The number of benzene rings is 1. The van der Waals surface area contributed by atoms with E-state index in [0.717, 1.165) is 12.8 Å². The minimum atomic E-state index is -0.274. The van der Waals surface area contributed by atoms with Crippen LogP contribution < -0.4 is 5.32 Å². The number of hydrogen-bond acceptors (Lipinski definition) is 4. The van der Waals surface area contributed by atoms with Crippen LogP contribution in [0.25, 0.3) is 0 Å². The fourth-order valence-corrected chi connectivity index (χ4v) is 2.64. The summed E-state index contributed by atoms with van der Waals surface area (Å²) in [6.45, 7) is 2.41. The molecule has 0 radical (unpaired) electrons. The fraction of sp³-hybridized carbons (Fsp3) is 0.438. The molecule has 1 N–H and O–H groups in total. The van der Waals surface area contributed by atoms with Gasteiger partial charge in [-0.1, -0.05) is 6.07 Å². The summed E-state index contributed by atoms with van der Waals surface area (Å²) in [6, 6.07) is 6.80. The zero-order chi connectivity index (χ0) is 16.1. The monoisotopic (exact) mass is 304 g/mol. The number of methoxy groups -OCH3 is 1. The Balaban J connectivity index is 2.10. The molecule has 1 aromatic rings. The SMILES string of the molecule is COC(=O)C1CCCN(C(=O)c2cccc(NC(C)=O)c2)C1. The number of nitrogens with one attached hydrogen (secondary N) is 1. The molecule has 1 heterocycles. The Morgan fingerprint density at radius 3 is 2.77 bits per heavy atom. The van der Waals surface area contributed by atoms with Crippen molar-refractivity contribution in [3.05, 3.63) is 29.8 Å². The first-order valence-electron chi connectivity index (χ1n) is 7.26. The van der Waals surface area contributed by atoms with Crippen LogP contribution in [0.15, 0.2) is 24.3 Å². The molecule has 1 aliphatic rings. The molecule has 1 saturated heterocycles. The lowest BCUT2D eigenvalue weighted by atomic mass is 9.97. The van der Waals surface area contributed by atoms with Crippen LogP contribution in [0.1, 0.15) is 30.1 Å². The molecule has 1 fully saturated rings. The molecule has 6 heteroatoms. The topological polar surface area (TPSA) is 75.7 Å². The van der Waals surface area contributed by atoms with Crippen molar-refractivity contribution in [3.63, 3.8) is 0 Å². The molecule has 0 aliphatic carbocycles. The number of carbonyl (C=O) groups excluding carboxylic acids is 3. The third-order valence-electron chi connectivity index (χ3n) is 3.67. The number of nitrogens with zero attached hydrogens (tertiary/aromatic N) is 1. The maximum Gasteiger partial charge on any atom is 0.310 e. The number of likely N-dealkylation sites (tertiary alicyclic amines) is 1. The molecule has 1 atom stereocenters. The maximum atomic E-state index is 12.6. The lowest BCUT2D eigenvalue weighted by Crippen LogP contribution is -2.42. The lowest BCUT2D eigenvalue weighted by Gasteiger charge is -2.31. The van der Waals surface area contributed by atoms with Crippen molar-refractivity contribution in [1.82, 2.24) is 4.90 Å². The van der Waals surface area contributed by atoms with Crippen molar-refractivity contribution < 1.29 is 19.1 Å². The van der Waals surface area contributed by atoms with E-state index >= 15 is 0 Å². The maximum absolute atomic E-state index is 12.6. The van der Waals surface area contributed by atoms with Gasteiger partial charge in [0.15, 0.2) is 0 Å². The van der Waals surface area contributed by atoms with Gasteiger partial charge in [0, 0.05) is 31.3 Å². The Kier molecular flexibility index (Phi) is 5.14. The molecule has 2 rings (SSSR count). The van der Waals surface area contributed by atoms with Crippen molar-refractivity contribution >= 4 is 23.5 Å². The van der Waals surface area contributed by atoms with Crippen LogP contribution in [-0.2, 0) is 14.3 Å². The highest BCUT2D eigenvalue weighted by Crippen LogP contribution is 2.20. The molecule has 0 bridgehead atoms. The van der Waals surface area contributed by atoms with Crippen molar-refractivity contribution in [1.29, 1.82) is 0 Å². The van der Waals surface area contributed by atoms with E-state index in [9.17, 15) is 14.4 Å². The summed E-state index contributed by atoms with van der Waals surface area (Å²) in [4.78, 5) is 36.9. The van der Waals surface area contributed by atoms with Gasteiger partial charge in [0.2, 0.25) is 5.91 Å². The summed E-state index contributed by atoms with van der Waals surface area (Å²) in [5.41, 5.74) is 1.08. The van der Waals surface area contributed by atoms with E-state index in [-0.39, 0.29) is 23.7 Å². The van der Waals surface area contributed by atoms with Crippen molar-refractivity contribution in [2.75, 3.05) is 25.5 Å². The van der Waals surface area contributed by atoms with Crippen LogP contribution in [0.3, 0.4) is 0 Å². The quantitative estimate of drug-likeness (QED) is 0.862. The second-order valence-corrected chi connectivity index (χ2v) is 5.38. The Hall–Kier alpha value is -2.37. The van der Waals surface area contributed by atoms with Crippen LogP contribution in [0, 0.1) is 5.92 Å².